The number of ether oxygens (including phenoxy) is 1. The zero-order valence-corrected chi connectivity index (χ0v) is 14.1. The molecule has 2 rings (SSSR count). The molecule has 0 aliphatic carbocycles. The highest BCUT2D eigenvalue weighted by Gasteiger charge is 2.11. The number of carbonyl (C=O) groups excluding carboxylic acids is 1. The van der Waals surface area contributed by atoms with Crippen molar-refractivity contribution in [2.45, 2.75) is 13.0 Å². The fraction of sp³-hybridized carbons (Fsp3) is 0.267. The first-order valence-electron chi connectivity index (χ1n) is 6.92. The number of rotatable bonds is 6. The first-order chi connectivity index (χ1) is 11.0. The van der Waals surface area contributed by atoms with Crippen molar-refractivity contribution in [3.05, 3.63) is 46.1 Å². The van der Waals surface area contributed by atoms with E-state index >= 15 is 0 Å². The van der Waals surface area contributed by atoms with Gasteiger partial charge in [0, 0.05) is 18.7 Å². The second kappa shape index (κ2) is 8.10. The lowest BCUT2D eigenvalue weighted by Gasteiger charge is -2.11. The molecule has 0 aliphatic rings. The van der Waals surface area contributed by atoms with Gasteiger partial charge in [-0.3, -0.25) is 4.79 Å². The molecule has 23 heavy (non-hydrogen) atoms. The van der Waals surface area contributed by atoms with Gasteiger partial charge in [-0.15, -0.1) is 10.2 Å². The summed E-state index contributed by atoms with van der Waals surface area (Å²) >= 11 is 11.9. The number of nitrogens with one attached hydrogen (secondary N) is 2. The molecule has 6 nitrogen and oxygen atoms in total. The second-order valence-electron chi connectivity index (χ2n) is 4.81. The Hall–Kier alpha value is -1.89. The number of hydrogen-bond acceptors (Lipinski definition) is 5. The Morgan fingerprint density at radius 3 is 2.70 bits per heavy atom. The lowest BCUT2D eigenvalue weighted by Crippen LogP contribution is -2.37. The van der Waals surface area contributed by atoms with Gasteiger partial charge in [0.05, 0.1) is 5.02 Å². The average molecular weight is 355 g/mol. The molecule has 8 heteroatoms. The molecule has 122 valence electrons. The number of halogens is 2. The molecule has 1 aromatic carbocycles. The summed E-state index contributed by atoms with van der Waals surface area (Å²) in [5.41, 5.74) is 0.206. The van der Waals surface area contributed by atoms with Crippen LogP contribution in [-0.4, -0.2) is 35.7 Å². The maximum absolute atomic E-state index is 11.9. The summed E-state index contributed by atoms with van der Waals surface area (Å²) in [4.78, 5) is 11.9. The highest BCUT2D eigenvalue weighted by atomic mass is 35.5. The van der Waals surface area contributed by atoms with Gasteiger partial charge in [-0.05, 0) is 32.2 Å². The Labute approximate surface area is 144 Å². The minimum Gasteiger partial charge on any atom is -0.436 e. The fourth-order valence-electron chi connectivity index (χ4n) is 1.61. The van der Waals surface area contributed by atoms with E-state index in [2.05, 4.69) is 20.8 Å². The van der Waals surface area contributed by atoms with Crippen LogP contribution in [0.3, 0.4) is 0 Å². The van der Waals surface area contributed by atoms with Crippen LogP contribution in [0.25, 0.3) is 0 Å². The van der Waals surface area contributed by atoms with Crippen LogP contribution in [0.5, 0.6) is 11.6 Å². The van der Waals surface area contributed by atoms with Crippen LogP contribution in [0.4, 0.5) is 0 Å². The standard InChI is InChI=1S/C15H16Cl2N4O2/c1-9(18-2)8-19-15(22)11-6-7-13(21-20-11)23-12-5-3-4-10(16)14(12)17/h3-7,9,18H,8H2,1-2H3,(H,19,22). The molecule has 1 amide bonds. The van der Waals surface area contributed by atoms with Gasteiger partial charge >= 0.3 is 0 Å². The maximum Gasteiger partial charge on any atom is 0.271 e. The predicted octanol–water partition coefficient (Wildman–Crippen LogP) is 2.91. The third kappa shape index (κ3) is 4.79. The van der Waals surface area contributed by atoms with Crippen molar-refractivity contribution < 1.29 is 9.53 Å². The van der Waals surface area contributed by atoms with E-state index < -0.39 is 0 Å². The SMILES string of the molecule is CNC(C)CNC(=O)c1ccc(Oc2cccc(Cl)c2Cl)nn1. The number of aromatic nitrogens is 2. The van der Waals surface area contributed by atoms with E-state index in [1.807, 2.05) is 14.0 Å². The fourth-order valence-corrected chi connectivity index (χ4v) is 1.94. The topological polar surface area (TPSA) is 76.1 Å². The van der Waals surface area contributed by atoms with Crippen molar-refractivity contribution in [3.8, 4) is 11.6 Å². The minimum atomic E-state index is -0.299. The summed E-state index contributed by atoms with van der Waals surface area (Å²) < 4.78 is 5.51. The number of amides is 1. The van der Waals surface area contributed by atoms with Crippen LogP contribution >= 0.6 is 23.2 Å². The zero-order chi connectivity index (χ0) is 16.8. The molecule has 0 fully saturated rings. The third-order valence-corrected chi connectivity index (χ3v) is 3.87. The van der Waals surface area contributed by atoms with Crippen LogP contribution in [-0.2, 0) is 0 Å². The predicted molar refractivity (Wildman–Crippen MR) is 89.4 cm³/mol. The molecule has 0 bridgehead atoms. The van der Waals surface area contributed by atoms with Gasteiger partial charge in [-0.25, -0.2) is 0 Å². The highest BCUT2D eigenvalue weighted by Crippen LogP contribution is 2.33. The van der Waals surface area contributed by atoms with E-state index in [-0.39, 0.29) is 23.5 Å². The van der Waals surface area contributed by atoms with Gasteiger partial charge in [0.25, 0.3) is 5.91 Å². The average Bonchev–Trinajstić information content (AvgIpc) is 2.57. The Kier molecular flexibility index (Phi) is 6.15. The maximum atomic E-state index is 11.9. The first-order valence-corrected chi connectivity index (χ1v) is 7.68. The molecule has 0 saturated carbocycles. The largest absolute Gasteiger partial charge is 0.436 e. The van der Waals surface area contributed by atoms with E-state index in [9.17, 15) is 4.79 Å². The van der Waals surface area contributed by atoms with Crippen molar-refractivity contribution in [2.24, 2.45) is 0 Å². The zero-order valence-electron chi connectivity index (χ0n) is 12.6. The number of hydrogen-bond donors (Lipinski definition) is 2. The van der Waals surface area contributed by atoms with Gasteiger partial charge in [-0.1, -0.05) is 29.3 Å². The van der Waals surface area contributed by atoms with Crippen LogP contribution in [0.2, 0.25) is 10.0 Å². The Balaban J connectivity index is 2.02. The van der Waals surface area contributed by atoms with E-state index in [1.54, 1.807) is 24.3 Å². The molecule has 1 heterocycles. The molecule has 0 aliphatic heterocycles. The molecule has 2 N–H and O–H groups in total. The Morgan fingerprint density at radius 2 is 2.04 bits per heavy atom. The lowest BCUT2D eigenvalue weighted by molar-refractivity contribution is 0.0944. The molecule has 0 radical (unpaired) electrons. The molecular weight excluding hydrogens is 339 g/mol. The van der Waals surface area contributed by atoms with Crippen LogP contribution in [0, 0.1) is 0 Å². The molecular formula is C15H16Cl2N4O2. The number of carbonyl (C=O) groups is 1. The summed E-state index contributed by atoms with van der Waals surface area (Å²) in [5.74, 6) is 0.287. The molecule has 1 unspecified atom stereocenters. The van der Waals surface area contributed by atoms with Crippen LogP contribution < -0.4 is 15.4 Å². The smallest absolute Gasteiger partial charge is 0.271 e. The Bertz CT molecular complexity index is 680. The monoisotopic (exact) mass is 354 g/mol. The summed E-state index contributed by atoms with van der Waals surface area (Å²) in [6.45, 7) is 2.45. The normalized spacial score (nSPS) is 11.8. The lowest BCUT2D eigenvalue weighted by atomic mass is 10.3. The molecule has 2 aromatic rings. The number of nitrogens with zero attached hydrogens (tertiary/aromatic N) is 2. The van der Waals surface area contributed by atoms with Crippen molar-refractivity contribution in [3.63, 3.8) is 0 Å². The van der Waals surface area contributed by atoms with Crippen molar-refractivity contribution in [2.75, 3.05) is 13.6 Å². The quantitative estimate of drug-likeness (QED) is 0.833. The molecule has 0 saturated heterocycles. The minimum absolute atomic E-state index is 0.166. The van der Waals surface area contributed by atoms with Crippen molar-refractivity contribution in [1.29, 1.82) is 0 Å². The summed E-state index contributed by atoms with van der Waals surface area (Å²) in [6, 6.07) is 8.26. The third-order valence-electron chi connectivity index (χ3n) is 3.07. The van der Waals surface area contributed by atoms with Crippen molar-refractivity contribution in [1.82, 2.24) is 20.8 Å². The highest BCUT2D eigenvalue weighted by molar-refractivity contribution is 6.42. The summed E-state index contributed by atoms with van der Waals surface area (Å²) in [5, 5.41) is 14.2. The van der Waals surface area contributed by atoms with E-state index in [0.29, 0.717) is 22.3 Å². The van der Waals surface area contributed by atoms with Crippen LogP contribution in [0.1, 0.15) is 17.4 Å². The van der Waals surface area contributed by atoms with Gasteiger partial charge in [0.15, 0.2) is 5.69 Å². The van der Waals surface area contributed by atoms with Crippen molar-refractivity contribution >= 4 is 29.1 Å². The molecule has 1 atom stereocenters. The van der Waals surface area contributed by atoms with E-state index in [1.165, 1.54) is 6.07 Å². The Morgan fingerprint density at radius 1 is 1.26 bits per heavy atom. The van der Waals surface area contributed by atoms with Crippen LogP contribution in [0.15, 0.2) is 30.3 Å². The van der Waals surface area contributed by atoms with Gasteiger partial charge in [0.2, 0.25) is 5.88 Å². The number of benzene rings is 1. The summed E-state index contributed by atoms with van der Waals surface area (Å²) in [6.07, 6.45) is 0. The van der Waals surface area contributed by atoms with E-state index in [4.69, 9.17) is 27.9 Å². The van der Waals surface area contributed by atoms with E-state index in [0.717, 1.165) is 0 Å². The molecule has 1 aromatic heterocycles. The molecule has 0 spiro atoms. The number of likely N-dealkylation sites (N-methyl/N-ethyl adjacent to an activating group) is 1. The second-order valence-corrected chi connectivity index (χ2v) is 5.60. The first kappa shape index (κ1) is 17.5. The van der Waals surface area contributed by atoms with Gasteiger partial charge in [-0.2, -0.15) is 0 Å². The summed E-state index contributed by atoms with van der Waals surface area (Å²) in [7, 11) is 1.82. The van der Waals surface area contributed by atoms with Gasteiger partial charge in [0.1, 0.15) is 10.8 Å². The van der Waals surface area contributed by atoms with Gasteiger partial charge < -0.3 is 15.4 Å².